The number of hydrogen-bond acceptors (Lipinski definition) is 1. The van der Waals surface area contributed by atoms with Gasteiger partial charge in [-0.05, 0) is 99.4 Å². The number of rotatable bonds is 1. The summed E-state index contributed by atoms with van der Waals surface area (Å²) < 4.78 is 5.63. The molecule has 0 aromatic heterocycles. The molecule has 0 heterocycles. The van der Waals surface area contributed by atoms with E-state index in [2.05, 4.69) is 89.2 Å². The molecule has 1 atom stereocenters. The minimum Gasteiger partial charge on any atom is -0.497 e. The lowest BCUT2D eigenvalue weighted by molar-refractivity contribution is 0.309. The van der Waals surface area contributed by atoms with Crippen molar-refractivity contribution in [3.63, 3.8) is 0 Å². The number of ether oxygens (including phenoxy) is 1. The van der Waals surface area contributed by atoms with Gasteiger partial charge in [-0.25, -0.2) is 0 Å². The number of aryl methyl sites for hydroxylation is 2. The molecule has 2 aliphatic rings. The van der Waals surface area contributed by atoms with Crippen molar-refractivity contribution in [1.29, 1.82) is 0 Å². The van der Waals surface area contributed by atoms with Crippen molar-refractivity contribution in [3.05, 3.63) is 88.0 Å². The van der Waals surface area contributed by atoms with Crippen LogP contribution in [0.3, 0.4) is 0 Å². The predicted octanol–water partition coefficient (Wildman–Crippen LogP) is 7.47. The van der Waals surface area contributed by atoms with Gasteiger partial charge in [0.15, 0.2) is 0 Å². The zero-order chi connectivity index (χ0) is 21.2. The van der Waals surface area contributed by atoms with E-state index in [1.165, 1.54) is 55.7 Å². The highest BCUT2D eigenvalue weighted by Gasteiger charge is 2.40. The van der Waals surface area contributed by atoms with Gasteiger partial charge in [0.25, 0.3) is 0 Å². The van der Waals surface area contributed by atoms with E-state index in [1.54, 1.807) is 7.11 Å². The minimum atomic E-state index is 0.177. The van der Waals surface area contributed by atoms with Gasteiger partial charge in [0.1, 0.15) is 5.75 Å². The molecule has 0 radical (unpaired) electrons. The number of methoxy groups -OCH3 is 1. The van der Waals surface area contributed by atoms with Gasteiger partial charge >= 0.3 is 0 Å². The van der Waals surface area contributed by atoms with Crippen LogP contribution in [0.2, 0.25) is 0 Å². The molecule has 2 aliphatic carbocycles. The molecule has 1 unspecified atom stereocenters. The Morgan fingerprint density at radius 3 is 2.17 bits per heavy atom. The summed E-state index contributed by atoms with van der Waals surface area (Å²) in [6.45, 7) is 11.7. The predicted molar refractivity (Wildman–Crippen MR) is 127 cm³/mol. The van der Waals surface area contributed by atoms with Crippen LogP contribution in [0, 0.1) is 25.2 Å². The van der Waals surface area contributed by atoms with Crippen LogP contribution in [0.15, 0.2) is 54.6 Å². The van der Waals surface area contributed by atoms with Crippen LogP contribution in [0.1, 0.15) is 54.2 Å². The van der Waals surface area contributed by atoms with E-state index in [0.29, 0.717) is 5.92 Å². The summed E-state index contributed by atoms with van der Waals surface area (Å²) in [5, 5.41) is 0. The molecule has 1 heteroatoms. The smallest absolute Gasteiger partial charge is 0.119 e. The summed E-state index contributed by atoms with van der Waals surface area (Å²) in [5.74, 6) is 1.40. The first kappa shape index (κ1) is 19.2. The van der Waals surface area contributed by atoms with Crippen LogP contribution in [0.25, 0.3) is 22.3 Å². The standard InChI is InChI=1S/C29H30O/c1-17-11-12-18(2)26-23(17)16-25(29(3,4)5)28(26)27-22-10-8-7-9-20(22)21-14-13-19(30-6)15-24(21)27/h7-15,25H,16H2,1-6H3/b28-27+. The highest BCUT2D eigenvalue weighted by atomic mass is 16.5. The van der Waals surface area contributed by atoms with Crippen LogP contribution >= 0.6 is 0 Å². The zero-order valence-electron chi connectivity index (χ0n) is 18.9. The van der Waals surface area contributed by atoms with E-state index in [-0.39, 0.29) is 5.41 Å². The Bertz CT molecular complexity index is 1200. The molecule has 5 rings (SSSR count). The topological polar surface area (TPSA) is 9.23 Å². The summed E-state index contributed by atoms with van der Waals surface area (Å²) >= 11 is 0. The Kier molecular flexibility index (Phi) is 4.22. The molecule has 0 N–H and O–H groups in total. The second-order valence-corrected chi connectivity index (χ2v) is 9.92. The van der Waals surface area contributed by atoms with Gasteiger partial charge in [-0.2, -0.15) is 0 Å². The van der Waals surface area contributed by atoms with Crippen molar-refractivity contribution in [3.8, 4) is 16.9 Å². The first-order chi connectivity index (χ1) is 14.3. The molecular formula is C29H30O. The maximum Gasteiger partial charge on any atom is 0.119 e. The average molecular weight is 395 g/mol. The Morgan fingerprint density at radius 2 is 1.47 bits per heavy atom. The Balaban J connectivity index is 1.94. The van der Waals surface area contributed by atoms with E-state index < -0.39 is 0 Å². The SMILES string of the molecule is COc1ccc2c(c1)/C(=C1/c3c(C)ccc(C)c3CC1C(C)(C)C)c1ccccc1-2. The van der Waals surface area contributed by atoms with Gasteiger partial charge in [-0.1, -0.05) is 63.2 Å². The lowest BCUT2D eigenvalue weighted by Crippen LogP contribution is -2.21. The Hall–Kier alpha value is -2.80. The molecule has 0 saturated heterocycles. The maximum atomic E-state index is 5.63. The highest BCUT2D eigenvalue weighted by molar-refractivity contribution is 6.12. The lowest BCUT2D eigenvalue weighted by Gasteiger charge is -2.30. The van der Waals surface area contributed by atoms with E-state index in [4.69, 9.17) is 4.74 Å². The van der Waals surface area contributed by atoms with Crippen molar-refractivity contribution >= 4 is 11.1 Å². The molecule has 1 nitrogen and oxygen atoms in total. The summed E-state index contributed by atoms with van der Waals surface area (Å²) in [4.78, 5) is 0. The van der Waals surface area contributed by atoms with Gasteiger partial charge in [0.05, 0.1) is 7.11 Å². The third kappa shape index (κ3) is 2.68. The largest absolute Gasteiger partial charge is 0.497 e. The normalized spacial score (nSPS) is 19.5. The van der Waals surface area contributed by atoms with Crippen LogP contribution in [-0.2, 0) is 6.42 Å². The van der Waals surface area contributed by atoms with Gasteiger partial charge < -0.3 is 4.74 Å². The maximum absolute atomic E-state index is 5.63. The molecular weight excluding hydrogens is 364 g/mol. The van der Waals surface area contributed by atoms with Crippen molar-refractivity contribution < 1.29 is 4.74 Å². The van der Waals surface area contributed by atoms with Crippen LogP contribution in [0.4, 0.5) is 0 Å². The Labute approximate surface area is 180 Å². The molecule has 152 valence electrons. The van der Waals surface area contributed by atoms with Crippen molar-refractivity contribution in [2.45, 2.75) is 41.0 Å². The van der Waals surface area contributed by atoms with Gasteiger partial charge in [-0.3, -0.25) is 0 Å². The zero-order valence-corrected chi connectivity index (χ0v) is 18.9. The van der Waals surface area contributed by atoms with Crippen molar-refractivity contribution in [2.24, 2.45) is 11.3 Å². The van der Waals surface area contributed by atoms with Crippen molar-refractivity contribution in [1.82, 2.24) is 0 Å². The molecule has 0 aliphatic heterocycles. The van der Waals surface area contributed by atoms with E-state index >= 15 is 0 Å². The second kappa shape index (κ2) is 6.60. The average Bonchev–Trinajstić information content (AvgIpc) is 3.27. The fraction of sp³-hybridized carbons (Fsp3) is 0.310. The van der Waals surface area contributed by atoms with E-state index in [1.807, 2.05) is 0 Å². The summed E-state index contributed by atoms with van der Waals surface area (Å²) in [6.07, 6.45) is 1.12. The fourth-order valence-corrected chi connectivity index (χ4v) is 5.49. The molecule has 0 amide bonds. The number of allylic oxidation sites excluding steroid dienone is 1. The van der Waals surface area contributed by atoms with E-state index in [0.717, 1.165) is 12.2 Å². The summed E-state index contributed by atoms with van der Waals surface area (Å²) in [6, 6.07) is 20.0. The molecule has 0 spiro atoms. The van der Waals surface area contributed by atoms with E-state index in [9.17, 15) is 0 Å². The number of fused-ring (bicyclic) bond motifs is 4. The number of benzene rings is 3. The van der Waals surface area contributed by atoms with Gasteiger partial charge in [0, 0.05) is 0 Å². The monoisotopic (exact) mass is 394 g/mol. The third-order valence-electron chi connectivity index (χ3n) is 7.08. The van der Waals surface area contributed by atoms with Crippen LogP contribution in [-0.4, -0.2) is 7.11 Å². The minimum absolute atomic E-state index is 0.177. The quantitative estimate of drug-likeness (QED) is 0.325. The van der Waals surface area contributed by atoms with Crippen LogP contribution < -0.4 is 4.74 Å². The van der Waals surface area contributed by atoms with Gasteiger partial charge in [-0.15, -0.1) is 0 Å². The molecule has 3 aromatic carbocycles. The Morgan fingerprint density at radius 1 is 0.800 bits per heavy atom. The molecule has 0 bridgehead atoms. The lowest BCUT2D eigenvalue weighted by atomic mass is 9.74. The summed E-state index contributed by atoms with van der Waals surface area (Å²) in [7, 11) is 1.76. The highest BCUT2D eigenvalue weighted by Crippen LogP contribution is 2.56. The summed E-state index contributed by atoms with van der Waals surface area (Å²) in [5.41, 5.74) is 14.3. The van der Waals surface area contributed by atoms with Gasteiger partial charge in [0.2, 0.25) is 0 Å². The second-order valence-electron chi connectivity index (χ2n) is 9.92. The molecule has 3 aromatic rings. The third-order valence-corrected chi connectivity index (χ3v) is 7.08. The van der Waals surface area contributed by atoms with Crippen LogP contribution in [0.5, 0.6) is 5.75 Å². The molecule has 0 saturated carbocycles. The molecule has 30 heavy (non-hydrogen) atoms. The first-order valence-electron chi connectivity index (χ1n) is 10.9. The molecule has 0 fully saturated rings. The number of hydrogen-bond donors (Lipinski definition) is 0. The fourth-order valence-electron chi connectivity index (χ4n) is 5.49. The van der Waals surface area contributed by atoms with Crippen molar-refractivity contribution in [2.75, 3.05) is 7.11 Å². The first-order valence-corrected chi connectivity index (χ1v) is 10.9.